The van der Waals surface area contributed by atoms with Gasteiger partial charge in [-0.25, -0.2) is 0 Å². The summed E-state index contributed by atoms with van der Waals surface area (Å²) in [5, 5.41) is 7.64. The van der Waals surface area contributed by atoms with Gasteiger partial charge in [0.2, 0.25) is 5.91 Å². The summed E-state index contributed by atoms with van der Waals surface area (Å²) < 4.78 is 0. The van der Waals surface area contributed by atoms with Crippen molar-refractivity contribution in [1.82, 2.24) is 10.6 Å². The summed E-state index contributed by atoms with van der Waals surface area (Å²) in [5.41, 5.74) is 0.911. The summed E-state index contributed by atoms with van der Waals surface area (Å²) in [6.07, 6.45) is 3.58. The van der Waals surface area contributed by atoms with Gasteiger partial charge in [0, 0.05) is 18.5 Å². The molecule has 1 aliphatic carbocycles. The number of hydrogen-bond donors (Lipinski definition) is 2. The average molecular weight is 350 g/mol. The molecule has 1 atom stereocenters. The van der Waals surface area contributed by atoms with Crippen LogP contribution in [0.5, 0.6) is 0 Å². The molecular weight excluding hydrogens is 331 g/mol. The van der Waals surface area contributed by atoms with Gasteiger partial charge >= 0.3 is 0 Å². The second-order valence-electron chi connectivity index (χ2n) is 5.39. The minimum absolute atomic E-state index is 0.0544. The summed E-state index contributed by atoms with van der Waals surface area (Å²) in [6, 6.07) is 4.10. The first-order chi connectivity index (χ1) is 9.99. The lowest BCUT2D eigenvalue weighted by Gasteiger charge is -2.16. The van der Waals surface area contributed by atoms with Crippen molar-refractivity contribution in [2.75, 3.05) is 6.54 Å². The van der Waals surface area contributed by atoms with Crippen molar-refractivity contribution in [1.29, 1.82) is 0 Å². The van der Waals surface area contributed by atoms with Gasteiger partial charge in [-0.1, -0.05) is 40.9 Å². The molecule has 21 heavy (non-hydrogen) atoms. The van der Waals surface area contributed by atoms with E-state index in [-0.39, 0.29) is 11.9 Å². The number of rotatable bonds is 7. The van der Waals surface area contributed by atoms with Crippen molar-refractivity contribution in [3.05, 3.63) is 32.8 Å². The quantitative estimate of drug-likeness (QED) is 0.567. The summed E-state index contributed by atoms with van der Waals surface area (Å²) in [5.74, 6) is 0.138. The van der Waals surface area contributed by atoms with E-state index in [1.165, 1.54) is 0 Å². The van der Waals surface area contributed by atoms with Crippen LogP contribution in [0.3, 0.4) is 0 Å². The third-order valence-electron chi connectivity index (χ3n) is 3.51. The van der Waals surface area contributed by atoms with Crippen LogP contribution in [-0.4, -0.2) is 18.5 Å². The Morgan fingerprint density at radius 1 is 1.29 bits per heavy atom. The molecule has 1 fully saturated rings. The summed E-state index contributed by atoms with van der Waals surface area (Å²) in [6.45, 7) is 2.76. The Labute approximate surface area is 140 Å². The maximum absolute atomic E-state index is 11.6. The Morgan fingerprint density at radius 3 is 2.67 bits per heavy atom. The van der Waals surface area contributed by atoms with Crippen molar-refractivity contribution in [2.45, 2.75) is 44.7 Å². The zero-order valence-corrected chi connectivity index (χ0v) is 14.2. The molecule has 1 aromatic rings. The van der Waals surface area contributed by atoms with Gasteiger partial charge in [0.15, 0.2) is 0 Å². The lowest BCUT2D eigenvalue weighted by molar-refractivity contribution is -0.121. The number of halogens is 3. The Hall–Kier alpha value is -0.480. The van der Waals surface area contributed by atoms with E-state index in [1.807, 2.05) is 13.0 Å². The summed E-state index contributed by atoms with van der Waals surface area (Å²) >= 11 is 18.2. The normalized spacial score (nSPS) is 15.8. The lowest BCUT2D eigenvalue weighted by atomic mass is 10.1. The Kier molecular flexibility index (Phi) is 6.18. The molecule has 0 saturated heterocycles. The monoisotopic (exact) mass is 348 g/mol. The van der Waals surface area contributed by atoms with E-state index in [2.05, 4.69) is 10.6 Å². The van der Waals surface area contributed by atoms with Crippen molar-refractivity contribution in [3.63, 3.8) is 0 Å². The Morgan fingerprint density at radius 2 is 2.00 bits per heavy atom. The molecule has 1 amide bonds. The van der Waals surface area contributed by atoms with Gasteiger partial charge < -0.3 is 10.6 Å². The molecular formula is C15H19Cl3N2O. The molecule has 6 heteroatoms. The van der Waals surface area contributed by atoms with Crippen LogP contribution >= 0.6 is 34.8 Å². The average Bonchev–Trinajstić information content (AvgIpc) is 3.25. The molecule has 116 valence electrons. The molecule has 1 unspecified atom stereocenters. The fraction of sp³-hybridized carbons (Fsp3) is 0.533. The van der Waals surface area contributed by atoms with Crippen LogP contribution in [-0.2, 0) is 4.79 Å². The van der Waals surface area contributed by atoms with Crippen LogP contribution in [0.15, 0.2) is 12.1 Å². The third kappa shape index (κ3) is 5.03. The first kappa shape index (κ1) is 16.9. The zero-order chi connectivity index (χ0) is 15.4. The highest BCUT2D eigenvalue weighted by Crippen LogP contribution is 2.35. The molecule has 0 bridgehead atoms. The van der Waals surface area contributed by atoms with Gasteiger partial charge in [0.1, 0.15) is 0 Å². The van der Waals surface area contributed by atoms with E-state index < -0.39 is 0 Å². The van der Waals surface area contributed by atoms with Crippen LogP contribution < -0.4 is 10.6 Å². The molecule has 0 aromatic heterocycles. The molecule has 0 aliphatic heterocycles. The molecule has 1 aromatic carbocycles. The third-order valence-corrected chi connectivity index (χ3v) is 4.81. The second kappa shape index (κ2) is 7.68. The van der Waals surface area contributed by atoms with E-state index >= 15 is 0 Å². The highest BCUT2D eigenvalue weighted by atomic mass is 35.5. The Balaban J connectivity index is 1.75. The van der Waals surface area contributed by atoms with E-state index in [0.717, 1.165) is 31.4 Å². The predicted molar refractivity (Wildman–Crippen MR) is 88.3 cm³/mol. The second-order valence-corrected chi connectivity index (χ2v) is 6.55. The number of benzene rings is 1. The maximum Gasteiger partial charge on any atom is 0.220 e. The first-order valence-electron chi connectivity index (χ1n) is 7.15. The predicted octanol–water partition coefficient (Wildman–Crippen LogP) is 4.36. The van der Waals surface area contributed by atoms with Gasteiger partial charge in [0.05, 0.1) is 15.1 Å². The van der Waals surface area contributed by atoms with Crippen LogP contribution in [0.1, 0.15) is 44.2 Å². The molecule has 1 saturated carbocycles. The molecule has 0 heterocycles. The summed E-state index contributed by atoms with van der Waals surface area (Å²) in [4.78, 5) is 11.6. The van der Waals surface area contributed by atoms with Crippen molar-refractivity contribution >= 4 is 40.7 Å². The number of nitrogens with one attached hydrogen (secondary N) is 2. The van der Waals surface area contributed by atoms with Gasteiger partial charge in [-0.2, -0.15) is 0 Å². The van der Waals surface area contributed by atoms with Crippen molar-refractivity contribution in [3.8, 4) is 0 Å². The zero-order valence-electron chi connectivity index (χ0n) is 11.9. The van der Waals surface area contributed by atoms with E-state index in [1.54, 1.807) is 6.07 Å². The van der Waals surface area contributed by atoms with Crippen LogP contribution in [0.2, 0.25) is 15.1 Å². The largest absolute Gasteiger partial charge is 0.353 e. The van der Waals surface area contributed by atoms with Crippen LogP contribution in [0, 0.1) is 0 Å². The SMILES string of the molecule is CC(NCCCC(=O)NC1CC1)c1ccc(Cl)c(Cl)c1Cl. The minimum Gasteiger partial charge on any atom is -0.353 e. The molecule has 3 nitrogen and oxygen atoms in total. The van der Waals surface area contributed by atoms with Gasteiger partial charge in [-0.3, -0.25) is 4.79 Å². The van der Waals surface area contributed by atoms with Crippen molar-refractivity contribution in [2.24, 2.45) is 0 Å². The van der Waals surface area contributed by atoms with E-state index in [9.17, 15) is 4.79 Å². The number of carbonyl (C=O) groups excluding carboxylic acids is 1. The van der Waals surface area contributed by atoms with E-state index in [4.69, 9.17) is 34.8 Å². The van der Waals surface area contributed by atoms with Crippen LogP contribution in [0.4, 0.5) is 0 Å². The first-order valence-corrected chi connectivity index (χ1v) is 8.28. The molecule has 2 N–H and O–H groups in total. The molecule has 0 radical (unpaired) electrons. The molecule has 1 aliphatic rings. The minimum atomic E-state index is 0.0544. The van der Waals surface area contributed by atoms with Crippen molar-refractivity contribution < 1.29 is 4.79 Å². The molecule has 2 rings (SSSR count). The number of amides is 1. The molecule has 0 spiro atoms. The topological polar surface area (TPSA) is 41.1 Å². The van der Waals surface area contributed by atoms with Gasteiger partial charge in [-0.05, 0) is 44.4 Å². The smallest absolute Gasteiger partial charge is 0.220 e. The lowest BCUT2D eigenvalue weighted by Crippen LogP contribution is -2.27. The Bertz CT molecular complexity index is 518. The number of hydrogen-bond acceptors (Lipinski definition) is 2. The highest BCUT2D eigenvalue weighted by molar-refractivity contribution is 6.48. The maximum atomic E-state index is 11.6. The van der Waals surface area contributed by atoms with Crippen LogP contribution in [0.25, 0.3) is 0 Å². The van der Waals surface area contributed by atoms with E-state index in [0.29, 0.717) is 27.5 Å². The highest BCUT2D eigenvalue weighted by Gasteiger charge is 2.22. The number of carbonyl (C=O) groups is 1. The standard InChI is InChI=1S/C15H19Cl3N2O/c1-9(11-6-7-12(16)15(18)14(11)17)19-8-2-3-13(21)20-10-4-5-10/h6-7,9-10,19H,2-5,8H2,1H3,(H,20,21). The fourth-order valence-electron chi connectivity index (χ4n) is 2.08. The van der Waals surface area contributed by atoms with Gasteiger partial charge in [0.25, 0.3) is 0 Å². The summed E-state index contributed by atoms with van der Waals surface area (Å²) in [7, 11) is 0. The fourth-order valence-corrected chi connectivity index (χ4v) is 2.79. The van der Waals surface area contributed by atoms with Gasteiger partial charge in [-0.15, -0.1) is 0 Å².